The number of hydrogen-bond acceptors (Lipinski definition) is 9. The van der Waals surface area contributed by atoms with Gasteiger partial charge in [0.15, 0.2) is 6.61 Å². The van der Waals surface area contributed by atoms with E-state index in [2.05, 4.69) is 4.98 Å². The number of carboxylic acid groups (broad SMARTS) is 1. The van der Waals surface area contributed by atoms with Gasteiger partial charge in [0.25, 0.3) is 0 Å². The Labute approximate surface area is 189 Å². The highest BCUT2D eigenvalue weighted by molar-refractivity contribution is 8.00. The van der Waals surface area contributed by atoms with Crippen LogP contribution in [-0.4, -0.2) is 63.8 Å². The number of imide groups is 1. The summed E-state index contributed by atoms with van der Waals surface area (Å²) < 4.78 is 10.5. The van der Waals surface area contributed by atoms with E-state index >= 15 is 0 Å². The summed E-state index contributed by atoms with van der Waals surface area (Å²) in [7, 11) is 0. The Balaban J connectivity index is 1.77. The molecule has 1 aromatic carbocycles. The SMILES string of the molecule is CCOC(=O)COc1ccccc1[C@H]1c2sc(=O)[nH]c2SC2C(=O)N(CC(=O)O)C(=O)C21. The number of amides is 2. The molecule has 3 atom stereocenters. The van der Waals surface area contributed by atoms with Crippen molar-refractivity contribution in [1.82, 2.24) is 9.88 Å². The zero-order chi connectivity index (χ0) is 23.0. The Morgan fingerprint density at radius 3 is 2.66 bits per heavy atom. The number of aromatic nitrogens is 1. The molecule has 12 heteroatoms. The summed E-state index contributed by atoms with van der Waals surface area (Å²) in [5.41, 5.74) is 0.516. The number of thioether (sulfide) groups is 1. The maximum Gasteiger partial charge on any atom is 0.344 e. The van der Waals surface area contributed by atoms with Gasteiger partial charge in [-0.3, -0.25) is 24.1 Å². The van der Waals surface area contributed by atoms with E-state index in [-0.39, 0.29) is 18.1 Å². The molecule has 2 aromatic rings. The molecule has 2 aliphatic rings. The van der Waals surface area contributed by atoms with Crippen LogP contribution in [0.2, 0.25) is 0 Å². The predicted molar refractivity (Wildman–Crippen MR) is 113 cm³/mol. The molecule has 2 unspecified atom stereocenters. The lowest BCUT2D eigenvalue weighted by Crippen LogP contribution is -2.36. The molecule has 168 valence electrons. The predicted octanol–water partition coefficient (Wildman–Crippen LogP) is 1.05. The number of carbonyl (C=O) groups is 4. The smallest absolute Gasteiger partial charge is 0.344 e. The number of para-hydroxylation sites is 1. The van der Waals surface area contributed by atoms with Crippen LogP contribution in [0.3, 0.4) is 0 Å². The summed E-state index contributed by atoms with van der Waals surface area (Å²) in [5, 5.41) is 8.72. The third kappa shape index (κ3) is 3.91. The number of aromatic amines is 1. The van der Waals surface area contributed by atoms with Gasteiger partial charge < -0.3 is 19.6 Å². The van der Waals surface area contributed by atoms with E-state index in [1.54, 1.807) is 31.2 Å². The lowest BCUT2D eigenvalue weighted by molar-refractivity contribution is -0.149. The molecule has 0 radical (unpaired) electrons. The Kier molecular flexibility index (Phi) is 6.07. The quantitative estimate of drug-likeness (QED) is 0.441. The Bertz CT molecular complexity index is 1160. The van der Waals surface area contributed by atoms with Crippen LogP contribution in [0.5, 0.6) is 5.75 Å². The summed E-state index contributed by atoms with van der Waals surface area (Å²) in [6.45, 7) is 0.786. The number of carbonyl (C=O) groups excluding carboxylic acids is 3. The van der Waals surface area contributed by atoms with E-state index in [9.17, 15) is 24.0 Å². The molecule has 1 saturated heterocycles. The fraction of sp³-hybridized carbons (Fsp3) is 0.350. The maximum absolute atomic E-state index is 13.2. The first-order chi connectivity index (χ1) is 15.3. The highest BCUT2D eigenvalue weighted by Gasteiger charge is 2.56. The maximum atomic E-state index is 13.2. The number of H-pyrrole nitrogens is 1. The molecule has 3 heterocycles. The van der Waals surface area contributed by atoms with E-state index in [0.717, 1.165) is 28.0 Å². The van der Waals surface area contributed by atoms with Gasteiger partial charge in [-0.15, -0.1) is 0 Å². The lowest BCUT2D eigenvalue weighted by Gasteiger charge is -2.30. The molecule has 2 aliphatic heterocycles. The number of fused-ring (bicyclic) bond motifs is 2. The molecule has 0 aliphatic carbocycles. The zero-order valence-corrected chi connectivity index (χ0v) is 18.4. The largest absolute Gasteiger partial charge is 0.482 e. The number of thiazole rings is 1. The van der Waals surface area contributed by atoms with Crippen molar-refractivity contribution in [3.8, 4) is 5.75 Å². The molecule has 1 aromatic heterocycles. The minimum absolute atomic E-state index is 0.199. The van der Waals surface area contributed by atoms with Crippen molar-refractivity contribution in [1.29, 1.82) is 0 Å². The summed E-state index contributed by atoms with van der Waals surface area (Å²) in [6.07, 6.45) is 0. The van der Waals surface area contributed by atoms with Crippen molar-refractivity contribution >= 4 is 46.9 Å². The number of benzene rings is 1. The second-order valence-corrected chi connectivity index (χ2v) is 9.20. The molecular weight excluding hydrogens is 460 g/mol. The van der Waals surface area contributed by atoms with Gasteiger partial charge >= 0.3 is 16.8 Å². The number of hydrogen-bond donors (Lipinski definition) is 2. The minimum atomic E-state index is -1.30. The normalized spacial score (nSPS) is 21.8. The first-order valence-electron chi connectivity index (χ1n) is 9.65. The van der Waals surface area contributed by atoms with Crippen molar-refractivity contribution < 1.29 is 33.8 Å². The third-order valence-corrected chi connectivity index (χ3v) is 7.51. The zero-order valence-electron chi connectivity index (χ0n) is 16.7. The molecule has 32 heavy (non-hydrogen) atoms. The molecule has 4 rings (SSSR count). The van der Waals surface area contributed by atoms with Crippen LogP contribution < -0.4 is 9.61 Å². The first kappa shape index (κ1) is 22.1. The third-order valence-electron chi connectivity index (χ3n) is 5.11. The van der Waals surface area contributed by atoms with Crippen LogP contribution in [0, 0.1) is 5.92 Å². The molecule has 2 N–H and O–H groups in total. The van der Waals surface area contributed by atoms with E-state index in [4.69, 9.17) is 14.6 Å². The van der Waals surface area contributed by atoms with Gasteiger partial charge in [0.1, 0.15) is 17.5 Å². The summed E-state index contributed by atoms with van der Waals surface area (Å²) in [4.78, 5) is 64.8. The number of esters is 1. The Morgan fingerprint density at radius 2 is 1.94 bits per heavy atom. The van der Waals surface area contributed by atoms with Crippen LogP contribution in [-0.2, 0) is 23.9 Å². The number of likely N-dealkylation sites (tertiary alicyclic amines) is 1. The summed E-state index contributed by atoms with van der Waals surface area (Å²) in [5.74, 6) is -4.43. The first-order valence-corrected chi connectivity index (χ1v) is 11.4. The van der Waals surface area contributed by atoms with Crippen LogP contribution in [0.25, 0.3) is 0 Å². The standard InChI is InChI=1S/C20H18N2O8S2/c1-2-29-12(25)8-30-10-6-4-3-5-9(10)13-14-16(31-17-15(13)32-20(28)21-17)19(27)22(18(14)26)7-11(23)24/h3-6,13-14,16H,2,7-8H2,1H3,(H,21,28)(H,23,24)/t13-,14?,16?/m1/s1. The highest BCUT2D eigenvalue weighted by atomic mass is 32.2. The van der Waals surface area contributed by atoms with Gasteiger partial charge in [-0.1, -0.05) is 41.3 Å². The molecule has 0 saturated carbocycles. The average molecular weight is 479 g/mol. The van der Waals surface area contributed by atoms with Crippen LogP contribution >= 0.6 is 23.1 Å². The summed E-state index contributed by atoms with van der Waals surface area (Å²) >= 11 is 1.98. The fourth-order valence-electron chi connectivity index (χ4n) is 3.91. The van der Waals surface area contributed by atoms with Gasteiger partial charge in [-0.25, -0.2) is 4.79 Å². The molecular formula is C20H18N2O8S2. The lowest BCUT2D eigenvalue weighted by atomic mass is 9.82. The number of nitrogens with one attached hydrogen (secondary N) is 1. The number of nitrogens with zero attached hydrogens (tertiary/aromatic N) is 1. The van der Waals surface area contributed by atoms with Crippen LogP contribution in [0.15, 0.2) is 34.1 Å². The van der Waals surface area contributed by atoms with Crippen LogP contribution in [0.4, 0.5) is 0 Å². The second-order valence-electron chi connectivity index (χ2n) is 7.04. The Morgan fingerprint density at radius 1 is 1.19 bits per heavy atom. The Hall–Kier alpha value is -3.12. The molecule has 1 fully saturated rings. The number of aliphatic carboxylic acids is 1. The van der Waals surface area contributed by atoms with Gasteiger partial charge in [0.05, 0.1) is 17.6 Å². The van der Waals surface area contributed by atoms with E-state index in [1.165, 1.54) is 0 Å². The van der Waals surface area contributed by atoms with Gasteiger partial charge in [0.2, 0.25) is 11.8 Å². The van der Waals surface area contributed by atoms with Crippen molar-refractivity contribution in [2.75, 3.05) is 19.8 Å². The monoisotopic (exact) mass is 478 g/mol. The van der Waals surface area contributed by atoms with Crippen molar-refractivity contribution in [3.05, 3.63) is 44.4 Å². The second kappa shape index (κ2) is 8.79. The van der Waals surface area contributed by atoms with E-state index in [0.29, 0.717) is 21.2 Å². The van der Waals surface area contributed by atoms with Gasteiger partial charge in [0, 0.05) is 16.4 Å². The molecule has 0 bridgehead atoms. The van der Waals surface area contributed by atoms with E-state index < -0.39 is 47.4 Å². The molecule has 0 spiro atoms. The fourth-order valence-corrected chi connectivity index (χ4v) is 6.44. The number of rotatable bonds is 7. The molecule has 2 amide bonds. The van der Waals surface area contributed by atoms with Crippen molar-refractivity contribution in [3.63, 3.8) is 0 Å². The average Bonchev–Trinajstić information content (AvgIpc) is 3.23. The van der Waals surface area contributed by atoms with Gasteiger partial charge in [-0.2, -0.15) is 0 Å². The van der Waals surface area contributed by atoms with Gasteiger partial charge in [-0.05, 0) is 13.0 Å². The minimum Gasteiger partial charge on any atom is -0.482 e. The number of carboxylic acids is 1. The highest BCUT2D eigenvalue weighted by Crippen LogP contribution is 2.53. The van der Waals surface area contributed by atoms with Crippen molar-refractivity contribution in [2.24, 2.45) is 5.92 Å². The molecule has 10 nitrogen and oxygen atoms in total. The topological polar surface area (TPSA) is 143 Å². The summed E-state index contributed by atoms with van der Waals surface area (Å²) in [6, 6.07) is 6.73. The van der Waals surface area contributed by atoms with Crippen LogP contribution in [0.1, 0.15) is 23.3 Å². The van der Waals surface area contributed by atoms with Crippen molar-refractivity contribution in [2.45, 2.75) is 23.1 Å². The number of ether oxygens (including phenoxy) is 2. The van der Waals surface area contributed by atoms with E-state index in [1.807, 2.05) is 0 Å².